The quantitative estimate of drug-likeness (QED) is 0.599. The molecule has 0 heterocycles. The van der Waals surface area contributed by atoms with Crippen molar-refractivity contribution in [3.8, 4) is 0 Å². The van der Waals surface area contributed by atoms with Crippen molar-refractivity contribution in [2.45, 2.75) is 25.6 Å². The number of aliphatic hydroxyl groups excluding tert-OH is 1. The van der Waals surface area contributed by atoms with E-state index in [4.69, 9.17) is 4.74 Å². The number of nitrogens with one attached hydrogen (secondary N) is 1. The van der Waals surface area contributed by atoms with E-state index in [2.05, 4.69) is 5.32 Å². The first-order chi connectivity index (χ1) is 9.84. The number of hydrogen-bond acceptors (Lipinski definition) is 4. The van der Waals surface area contributed by atoms with E-state index >= 15 is 0 Å². The average Bonchev–Trinajstić information content (AvgIpc) is 2.43. The van der Waals surface area contributed by atoms with Gasteiger partial charge in [-0.1, -0.05) is 12.1 Å². The monoisotopic (exact) mass is 305 g/mol. The zero-order valence-electron chi connectivity index (χ0n) is 11.6. The zero-order chi connectivity index (χ0) is 15.9. The second-order valence-electron chi connectivity index (χ2n) is 4.39. The Labute approximate surface area is 120 Å². The summed E-state index contributed by atoms with van der Waals surface area (Å²) < 4.78 is 41.9. The number of carbonyl (C=O) groups is 1. The van der Waals surface area contributed by atoms with E-state index in [9.17, 15) is 23.1 Å². The van der Waals surface area contributed by atoms with Crippen LogP contribution in [0.3, 0.4) is 0 Å². The smallest absolute Gasteiger partial charge is 0.416 e. The standard InChI is InChI=1S/C14H18F3NO3/c1-2-21-13(20)7-8-18-9-12(19)10-3-5-11(6-4-10)14(15,16)17/h3-6,12,18-19H,2,7-9H2,1H3. The molecule has 7 heteroatoms. The molecule has 0 aliphatic carbocycles. The molecular weight excluding hydrogens is 287 g/mol. The van der Waals surface area contributed by atoms with Crippen LogP contribution in [0.4, 0.5) is 13.2 Å². The minimum Gasteiger partial charge on any atom is -0.466 e. The van der Waals surface area contributed by atoms with Crippen LogP contribution in [0.5, 0.6) is 0 Å². The van der Waals surface area contributed by atoms with Gasteiger partial charge in [-0.05, 0) is 24.6 Å². The minimum absolute atomic E-state index is 0.144. The van der Waals surface area contributed by atoms with E-state index in [1.165, 1.54) is 12.1 Å². The topological polar surface area (TPSA) is 58.6 Å². The molecule has 0 saturated heterocycles. The highest BCUT2D eigenvalue weighted by atomic mass is 19.4. The van der Waals surface area contributed by atoms with Crippen molar-refractivity contribution in [3.63, 3.8) is 0 Å². The summed E-state index contributed by atoms with van der Waals surface area (Å²) >= 11 is 0. The molecule has 0 spiro atoms. The van der Waals surface area contributed by atoms with E-state index in [1.807, 2.05) is 0 Å². The van der Waals surface area contributed by atoms with E-state index < -0.39 is 17.8 Å². The molecule has 0 bridgehead atoms. The van der Waals surface area contributed by atoms with Gasteiger partial charge in [0.1, 0.15) is 0 Å². The molecule has 0 aliphatic heterocycles. The second kappa shape index (κ2) is 7.99. The van der Waals surface area contributed by atoms with Crippen LogP contribution in [0.15, 0.2) is 24.3 Å². The van der Waals surface area contributed by atoms with Crippen LogP contribution in [0.25, 0.3) is 0 Å². The molecule has 0 saturated carbocycles. The number of halogens is 3. The molecule has 1 aromatic rings. The molecule has 1 rings (SSSR count). The number of hydrogen-bond donors (Lipinski definition) is 2. The second-order valence-corrected chi connectivity index (χ2v) is 4.39. The van der Waals surface area contributed by atoms with Gasteiger partial charge in [0, 0.05) is 13.1 Å². The Bertz CT molecular complexity index is 446. The number of alkyl halides is 3. The minimum atomic E-state index is -4.39. The highest BCUT2D eigenvalue weighted by Crippen LogP contribution is 2.29. The number of benzene rings is 1. The van der Waals surface area contributed by atoms with Crippen LogP contribution in [-0.2, 0) is 15.7 Å². The van der Waals surface area contributed by atoms with Gasteiger partial charge in [-0.3, -0.25) is 4.79 Å². The summed E-state index contributed by atoms with van der Waals surface area (Å²) in [5.74, 6) is -0.339. The first-order valence-electron chi connectivity index (χ1n) is 6.56. The summed E-state index contributed by atoms with van der Waals surface area (Å²) in [4.78, 5) is 11.1. The van der Waals surface area contributed by atoms with Crippen LogP contribution in [0, 0.1) is 0 Å². The molecule has 1 atom stereocenters. The molecule has 0 fully saturated rings. The van der Waals surface area contributed by atoms with Gasteiger partial charge in [0.05, 0.1) is 24.7 Å². The third kappa shape index (κ3) is 6.14. The van der Waals surface area contributed by atoms with Gasteiger partial charge in [0.2, 0.25) is 0 Å². The normalized spacial score (nSPS) is 13.0. The summed E-state index contributed by atoms with van der Waals surface area (Å²) in [5.41, 5.74) is -0.375. The van der Waals surface area contributed by atoms with Gasteiger partial charge in [-0.15, -0.1) is 0 Å². The molecule has 1 aromatic carbocycles. The summed E-state index contributed by atoms with van der Waals surface area (Å²) in [7, 11) is 0. The average molecular weight is 305 g/mol. The summed E-state index contributed by atoms with van der Waals surface area (Å²) in [6, 6.07) is 4.33. The van der Waals surface area contributed by atoms with Crippen molar-refractivity contribution < 1.29 is 27.8 Å². The summed E-state index contributed by atoms with van der Waals surface area (Å²) in [6.45, 7) is 2.49. The molecule has 0 aromatic heterocycles. The lowest BCUT2D eigenvalue weighted by Crippen LogP contribution is -2.24. The molecule has 1 unspecified atom stereocenters. The number of ether oxygens (including phenoxy) is 1. The van der Waals surface area contributed by atoms with Gasteiger partial charge in [0.25, 0.3) is 0 Å². The molecule has 2 N–H and O–H groups in total. The zero-order valence-corrected chi connectivity index (χ0v) is 11.6. The first-order valence-corrected chi connectivity index (χ1v) is 6.56. The van der Waals surface area contributed by atoms with Crippen LogP contribution >= 0.6 is 0 Å². The Hall–Kier alpha value is -1.60. The Balaban J connectivity index is 2.38. The van der Waals surface area contributed by atoms with Crippen molar-refractivity contribution in [2.24, 2.45) is 0 Å². The number of rotatable bonds is 7. The molecular formula is C14H18F3NO3. The predicted octanol–water partition coefficient (Wildman–Crippen LogP) is 2.28. The molecule has 0 amide bonds. The Morgan fingerprint density at radius 2 is 1.95 bits per heavy atom. The lowest BCUT2D eigenvalue weighted by Gasteiger charge is -2.13. The van der Waals surface area contributed by atoms with E-state index in [-0.39, 0.29) is 18.9 Å². The van der Waals surface area contributed by atoms with Gasteiger partial charge in [0.15, 0.2) is 0 Å². The molecule has 0 aliphatic rings. The molecule has 118 valence electrons. The van der Waals surface area contributed by atoms with Crippen LogP contribution < -0.4 is 5.32 Å². The Morgan fingerprint density at radius 3 is 2.48 bits per heavy atom. The maximum absolute atomic E-state index is 12.4. The van der Waals surface area contributed by atoms with Gasteiger partial charge < -0.3 is 15.2 Å². The summed E-state index contributed by atoms with van der Waals surface area (Å²) in [6.07, 6.45) is -5.15. The van der Waals surface area contributed by atoms with Gasteiger partial charge in [-0.2, -0.15) is 13.2 Å². The largest absolute Gasteiger partial charge is 0.466 e. The van der Waals surface area contributed by atoms with Crippen molar-refractivity contribution in [1.82, 2.24) is 5.32 Å². The Morgan fingerprint density at radius 1 is 1.33 bits per heavy atom. The molecule has 0 radical (unpaired) electrons. The fourth-order valence-electron chi connectivity index (χ4n) is 1.67. The van der Waals surface area contributed by atoms with Crippen LogP contribution in [0.1, 0.15) is 30.6 Å². The third-order valence-electron chi connectivity index (χ3n) is 2.77. The molecule has 21 heavy (non-hydrogen) atoms. The molecule has 4 nitrogen and oxygen atoms in total. The fraction of sp³-hybridized carbons (Fsp3) is 0.500. The number of aliphatic hydroxyl groups is 1. The van der Waals surface area contributed by atoms with Gasteiger partial charge in [-0.25, -0.2) is 0 Å². The van der Waals surface area contributed by atoms with E-state index in [0.29, 0.717) is 18.7 Å². The van der Waals surface area contributed by atoms with Crippen molar-refractivity contribution >= 4 is 5.97 Å². The maximum atomic E-state index is 12.4. The third-order valence-corrected chi connectivity index (χ3v) is 2.77. The maximum Gasteiger partial charge on any atom is 0.416 e. The number of carbonyl (C=O) groups excluding carboxylic acids is 1. The van der Waals surface area contributed by atoms with Gasteiger partial charge >= 0.3 is 12.1 Å². The van der Waals surface area contributed by atoms with E-state index in [0.717, 1.165) is 12.1 Å². The van der Waals surface area contributed by atoms with Crippen molar-refractivity contribution in [3.05, 3.63) is 35.4 Å². The van der Waals surface area contributed by atoms with Crippen molar-refractivity contribution in [2.75, 3.05) is 19.7 Å². The highest BCUT2D eigenvalue weighted by molar-refractivity contribution is 5.69. The van der Waals surface area contributed by atoms with Crippen LogP contribution in [0.2, 0.25) is 0 Å². The fourth-order valence-corrected chi connectivity index (χ4v) is 1.67. The lowest BCUT2D eigenvalue weighted by molar-refractivity contribution is -0.143. The predicted molar refractivity (Wildman–Crippen MR) is 70.5 cm³/mol. The highest BCUT2D eigenvalue weighted by Gasteiger charge is 2.30. The lowest BCUT2D eigenvalue weighted by atomic mass is 10.1. The van der Waals surface area contributed by atoms with Crippen molar-refractivity contribution in [1.29, 1.82) is 0 Å². The Kier molecular flexibility index (Phi) is 6.64. The van der Waals surface area contributed by atoms with Crippen LogP contribution in [-0.4, -0.2) is 30.8 Å². The van der Waals surface area contributed by atoms with E-state index in [1.54, 1.807) is 6.92 Å². The summed E-state index contributed by atoms with van der Waals surface area (Å²) in [5, 5.41) is 12.7. The SMILES string of the molecule is CCOC(=O)CCNCC(O)c1ccc(C(F)(F)F)cc1. The number of esters is 1. The first kappa shape index (κ1) is 17.5.